The Labute approximate surface area is 355 Å². The number of amides is 2. The number of carbonyl (C=O) groups is 3. The molecule has 1 saturated carbocycles. The van der Waals surface area contributed by atoms with E-state index in [1.165, 1.54) is 16.3 Å². The Morgan fingerprint density at radius 3 is 2.62 bits per heavy atom. The SMILES string of the molecule is CO[C@@H](C)c1ncc(N2CCN(C)CC2)cc1-c1c2c3cc(cc4c3n1CCO4)-c1csc(n1)C[C@H](NC(=O)C1(C)CC1C)C(=O)N1CCC[C@H](N1)C(=O)OCC(C)(C)C2. The number of cyclic esters (lactones) is 1. The quantitative estimate of drug-likeness (QED) is 0.242. The zero-order valence-electron chi connectivity index (χ0n) is 35.9. The molecule has 5 atom stereocenters. The lowest BCUT2D eigenvalue weighted by Crippen LogP contribution is -2.60. The molecule has 2 unspecified atom stereocenters. The van der Waals surface area contributed by atoms with Crippen molar-refractivity contribution in [1.29, 1.82) is 0 Å². The zero-order chi connectivity index (χ0) is 42.1. The number of pyridine rings is 1. The van der Waals surface area contributed by atoms with E-state index in [1.807, 2.05) is 25.4 Å². The van der Waals surface area contributed by atoms with Crippen molar-refractivity contribution in [1.82, 2.24) is 35.2 Å². The Kier molecular flexibility index (Phi) is 10.7. The van der Waals surface area contributed by atoms with Crippen LogP contribution in [-0.2, 0) is 43.2 Å². The smallest absolute Gasteiger partial charge is 0.324 e. The highest BCUT2D eigenvalue weighted by Gasteiger charge is 2.53. The number of rotatable bonds is 6. The van der Waals surface area contributed by atoms with Gasteiger partial charge in [-0.1, -0.05) is 27.7 Å². The number of fused-ring (bicyclic) bond motifs is 6. The minimum atomic E-state index is -0.865. The Balaban J connectivity index is 1.19. The third kappa shape index (κ3) is 7.55. The first kappa shape index (κ1) is 40.8. The van der Waals surface area contributed by atoms with Crippen molar-refractivity contribution < 1.29 is 28.6 Å². The van der Waals surface area contributed by atoms with E-state index in [9.17, 15) is 14.4 Å². The fourth-order valence-corrected chi connectivity index (χ4v) is 10.2. The number of nitrogens with one attached hydrogen (secondary N) is 2. The van der Waals surface area contributed by atoms with Crippen LogP contribution in [-0.4, -0.2) is 114 Å². The molecule has 1 aliphatic carbocycles. The van der Waals surface area contributed by atoms with E-state index in [0.29, 0.717) is 39.0 Å². The van der Waals surface area contributed by atoms with Crippen molar-refractivity contribution in [2.75, 3.05) is 65.0 Å². The standard InChI is InChI=1S/C45H58N8O6S/c1-26-21-45(26,5)43(56)48-34-20-37-47-35(24-60-37)28-17-30-32(22-44(3,4)25-59-42(55)33-9-8-10-53(49-33)41(34)54)39(52-15-16-58-36(18-28)40(30)52)31-19-29(23-46-38(31)27(2)57-7)51-13-11-50(6)12-14-51/h17-19,23-24,26-27,33-34,49H,8-16,20-22,25H2,1-7H3,(H,48,56)/t26?,27-,33-,34-,45?/m0/s1. The Morgan fingerprint density at radius 2 is 1.87 bits per heavy atom. The number of hydrogen-bond donors (Lipinski definition) is 2. The first-order chi connectivity index (χ1) is 28.7. The number of anilines is 1. The number of thiazole rings is 1. The number of piperazine rings is 1. The summed E-state index contributed by atoms with van der Waals surface area (Å²) in [5, 5.41) is 8.40. The van der Waals surface area contributed by atoms with Gasteiger partial charge in [0.25, 0.3) is 5.91 Å². The minimum absolute atomic E-state index is 0.135. The second-order valence-electron chi connectivity index (χ2n) is 18.6. The van der Waals surface area contributed by atoms with Crippen LogP contribution in [0.2, 0.25) is 0 Å². The second-order valence-corrected chi connectivity index (χ2v) is 19.6. The molecule has 0 spiro atoms. The molecular weight excluding hydrogens is 781 g/mol. The molecule has 5 aliphatic rings. The van der Waals surface area contributed by atoms with Gasteiger partial charge < -0.3 is 33.9 Å². The summed E-state index contributed by atoms with van der Waals surface area (Å²) in [7, 11) is 3.89. The van der Waals surface area contributed by atoms with E-state index in [0.717, 1.165) is 93.7 Å². The molecule has 2 N–H and O–H groups in total. The molecule has 0 radical (unpaired) electrons. The Morgan fingerprint density at radius 1 is 1.08 bits per heavy atom. The predicted octanol–water partition coefficient (Wildman–Crippen LogP) is 5.37. The maximum absolute atomic E-state index is 14.3. The molecule has 2 amide bonds. The third-order valence-electron chi connectivity index (χ3n) is 13.6. The van der Waals surface area contributed by atoms with Crippen LogP contribution < -0.4 is 20.4 Å². The molecule has 4 aliphatic heterocycles. The lowest BCUT2D eigenvalue weighted by atomic mass is 9.84. The highest BCUT2D eigenvalue weighted by molar-refractivity contribution is 7.10. The van der Waals surface area contributed by atoms with Crippen molar-refractivity contribution in [2.45, 2.75) is 91.5 Å². The van der Waals surface area contributed by atoms with Gasteiger partial charge in [0.2, 0.25) is 5.91 Å². The van der Waals surface area contributed by atoms with Gasteiger partial charge in [-0.15, -0.1) is 11.3 Å². The van der Waals surface area contributed by atoms with Gasteiger partial charge in [-0.3, -0.25) is 24.4 Å². The maximum Gasteiger partial charge on any atom is 0.324 e. The first-order valence-electron chi connectivity index (χ1n) is 21.5. The monoisotopic (exact) mass is 838 g/mol. The summed E-state index contributed by atoms with van der Waals surface area (Å²) in [6, 6.07) is 5.01. The fourth-order valence-electron chi connectivity index (χ4n) is 9.39. The largest absolute Gasteiger partial charge is 0.489 e. The zero-order valence-corrected chi connectivity index (χ0v) is 36.7. The van der Waals surface area contributed by atoms with Gasteiger partial charge >= 0.3 is 5.97 Å². The average molecular weight is 839 g/mol. The number of aromatic nitrogens is 3. The molecule has 4 aromatic rings. The molecular formula is C45H58N8O6S. The molecule has 320 valence electrons. The summed E-state index contributed by atoms with van der Waals surface area (Å²) in [6.07, 6.45) is 4.45. The van der Waals surface area contributed by atoms with Crippen molar-refractivity contribution in [3.05, 3.63) is 46.0 Å². The average Bonchev–Trinajstić information content (AvgIpc) is 3.51. The molecule has 14 nitrogen and oxygen atoms in total. The number of hydrogen-bond acceptors (Lipinski definition) is 12. The molecule has 60 heavy (non-hydrogen) atoms. The van der Waals surface area contributed by atoms with Crippen molar-refractivity contribution >= 4 is 45.7 Å². The predicted molar refractivity (Wildman–Crippen MR) is 231 cm³/mol. The fraction of sp³-hybridized carbons (Fsp3) is 0.578. The van der Waals surface area contributed by atoms with Gasteiger partial charge in [0.15, 0.2) is 0 Å². The highest BCUT2D eigenvalue weighted by atomic mass is 32.1. The summed E-state index contributed by atoms with van der Waals surface area (Å²) in [4.78, 5) is 56.8. The van der Waals surface area contributed by atoms with Gasteiger partial charge in [-0.05, 0) is 69.3 Å². The second kappa shape index (κ2) is 15.7. The molecule has 7 heterocycles. The number of esters is 1. The Hall–Kier alpha value is -4.57. The maximum atomic E-state index is 14.3. The number of hydrazine groups is 1. The third-order valence-corrected chi connectivity index (χ3v) is 14.4. The van der Waals surface area contributed by atoms with Gasteiger partial charge in [0, 0.05) is 79.0 Å². The lowest BCUT2D eigenvalue weighted by molar-refractivity contribution is -0.155. The molecule has 3 fully saturated rings. The van der Waals surface area contributed by atoms with Crippen LogP contribution in [0.5, 0.6) is 5.75 Å². The van der Waals surface area contributed by atoms with Crippen LogP contribution in [0.15, 0.2) is 29.8 Å². The first-order valence-corrected chi connectivity index (χ1v) is 22.4. The van der Waals surface area contributed by atoms with Gasteiger partial charge in [0.1, 0.15) is 24.4 Å². The summed E-state index contributed by atoms with van der Waals surface area (Å²) >= 11 is 1.47. The van der Waals surface area contributed by atoms with Crippen molar-refractivity contribution in [2.24, 2.45) is 16.7 Å². The van der Waals surface area contributed by atoms with Crippen LogP contribution >= 0.6 is 11.3 Å². The highest BCUT2D eigenvalue weighted by Crippen LogP contribution is 2.52. The molecule has 15 heteroatoms. The van der Waals surface area contributed by atoms with Crippen molar-refractivity contribution in [3.63, 3.8) is 0 Å². The summed E-state index contributed by atoms with van der Waals surface area (Å²) in [5.74, 6) is 0.189. The number of nitrogens with zero attached hydrogens (tertiary/aromatic N) is 6. The Bertz CT molecular complexity index is 2330. The van der Waals surface area contributed by atoms with Gasteiger partial charge in [-0.2, -0.15) is 0 Å². The van der Waals surface area contributed by atoms with E-state index in [4.69, 9.17) is 24.2 Å². The van der Waals surface area contributed by atoms with Crippen LogP contribution in [0.3, 0.4) is 0 Å². The summed E-state index contributed by atoms with van der Waals surface area (Å²) < 4.78 is 21.0. The van der Waals surface area contributed by atoms with Crippen molar-refractivity contribution in [3.8, 4) is 28.3 Å². The van der Waals surface area contributed by atoms with Gasteiger partial charge in [0.05, 0.1) is 58.7 Å². The molecule has 9 rings (SSSR count). The van der Waals surface area contributed by atoms with Gasteiger partial charge in [-0.25, -0.2) is 10.4 Å². The van der Waals surface area contributed by atoms with Crippen LogP contribution in [0, 0.1) is 16.7 Å². The summed E-state index contributed by atoms with van der Waals surface area (Å²) in [6.45, 7) is 15.8. The lowest BCUT2D eigenvalue weighted by Gasteiger charge is -2.35. The number of likely N-dealkylation sites (N-methyl/N-ethyl adjacent to an activating group) is 1. The molecule has 1 aromatic carbocycles. The number of benzene rings is 1. The topological polar surface area (TPSA) is 143 Å². The van der Waals surface area contributed by atoms with Crippen LogP contribution in [0.1, 0.15) is 76.3 Å². The van der Waals surface area contributed by atoms with E-state index < -0.39 is 28.9 Å². The summed E-state index contributed by atoms with van der Waals surface area (Å²) in [5.41, 5.74) is 10.0. The van der Waals surface area contributed by atoms with Crippen LogP contribution in [0.4, 0.5) is 5.69 Å². The number of methoxy groups -OCH3 is 1. The minimum Gasteiger partial charge on any atom is -0.489 e. The van der Waals surface area contributed by atoms with E-state index in [1.54, 1.807) is 7.11 Å². The number of carbonyl (C=O) groups excluding carboxylic acids is 3. The van der Waals surface area contributed by atoms with E-state index >= 15 is 0 Å². The van der Waals surface area contributed by atoms with Crippen LogP contribution in [0.25, 0.3) is 33.4 Å². The van der Waals surface area contributed by atoms with E-state index in [2.05, 4.69) is 71.1 Å². The normalized spacial score (nSPS) is 26.3. The molecule has 3 aromatic heterocycles. The van der Waals surface area contributed by atoms with E-state index in [-0.39, 0.29) is 36.9 Å². The molecule has 6 bridgehead atoms. The number of ether oxygens (including phenoxy) is 3. The molecule has 2 saturated heterocycles.